The number of nitrogens with one attached hydrogen (secondary N) is 1. The van der Waals surface area contributed by atoms with Crippen molar-refractivity contribution in [2.75, 3.05) is 12.1 Å². The molecule has 1 fully saturated rings. The van der Waals surface area contributed by atoms with Crippen molar-refractivity contribution in [3.05, 3.63) is 57.0 Å². The zero-order chi connectivity index (χ0) is 20.4. The topological polar surface area (TPSA) is 67.9 Å². The van der Waals surface area contributed by atoms with Gasteiger partial charge in [0.05, 0.1) is 23.9 Å². The van der Waals surface area contributed by atoms with Gasteiger partial charge in [0.1, 0.15) is 5.57 Å². The van der Waals surface area contributed by atoms with Gasteiger partial charge in [-0.1, -0.05) is 27.5 Å². The van der Waals surface area contributed by atoms with E-state index in [0.29, 0.717) is 27.8 Å². The molecule has 0 radical (unpaired) electrons. The average molecular weight is 466 g/mol. The first-order valence-electron chi connectivity index (χ1n) is 8.47. The van der Waals surface area contributed by atoms with Crippen LogP contribution in [0.4, 0.5) is 5.69 Å². The van der Waals surface area contributed by atoms with Crippen LogP contribution in [0.15, 0.2) is 46.4 Å². The van der Waals surface area contributed by atoms with Crippen LogP contribution in [-0.2, 0) is 9.59 Å². The lowest BCUT2D eigenvalue weighted by molar-refractivity contribution is -0.117. The molecule has 8 heteroatoms. The molecule has 2 aromatic carbocycles. The van der Waals surface area contributed by atoms with Gasteiger partial charge in [0, 0.05) is 4.47 Å². The predicted octanol–water partition coefficient (Wildman–Crippen LogP) is 4.36. The number of carbonyl (C=O) groups excluding carboxylic acids is 2. The average Bonchev–Trinajstić information content (AvgIpc) is 2.92. The van der Waals surface area contributed by atoms with Gasteiger partial charge in [0.2, 0.25) is 0 Å². The maximum atomic E-state index is 12.7. The largest absolute Gasteiger partial charge is 0.493 e. The van der Waals surface area contributed by atoms with Crippen LogP contribution in [0.2, 0.25) is 5.02 Å². The Kier molecular flexibility index (Phi) is 5.96. The number of methoxy groups -OCH3 is 1. The van der Waals surface area contributed by atoms with Crippen LogP contribution in [0.1, 0.15) is 19.4 Å². The molecule has 146 valence electrons. The fourth-order valence-electron chi connectivity index (χ4n) is 2.67. The number of nitrogens with zero attached hydrogens (tertiary/aromatic N) is 1. The number of hydrogen-bond donors (Lipinski definition) is 1. The number of halogens is 2. The molecule has 0 bridgehead atoms. The molecule has 1 heterocycles. The van der Waals surface area contributed by atoms with Gasteiger partial charge in [-0.05, 0) is 61.9 Å². The molecule has 0 unspecified atom stereocenters. The number of benzene rings is 2. The standard InChI is InChI=1S/C20H18BrClN2O4/c1-11(2)28-18-16(22)9-12(10-17(18)27-3)8-15-19(25)23-24(20(15)26)14-6-4-13(21)5-7-14/h4-11H,1-3H3,(H,23,25)/b15-8+. The van der Waals surface area contributed by atoms with E-state index in [-0.39, 0.29) is 11.7 Å². The number of hydrogen-bond acceptors (Lipinski definition) is 4. The fraction of sp³-hybridized carbons (Fsp3) is 0.200. The van der Waals surface area contributed by atoms with Crippen LogP contribution >= 0.6 is 27.5 Å². The molecule has 0 spiro atoms. The maximum absolute atomic E-state index is 12.7. The first-order chi connectivity index (χ1) is 13.3. The van der Waals surface area contributed by atoms with Crippen LogP contribution in [0.25, 0.3) is 6.08 Å². The highest BCUT2D eigenvalue weighted by atomic mass is 79.9. The Morgan fingerprint density at radius 1 is 1.18 bits per heavy atom. The number of hydrazine groups is 1. The maximum Gasteiger partial charge on any atom is 0.282 e. The molecule has 0 aromatic heterocycles. The zero-order valence-corrected chi connectivity index (χ0v) is 17.8. The molecular formula is C20H18BrClN2O4. The third-order valence-electron chi connectivity index (χ3n) is 3.89. The first-order valence-corrected chi connectivity index (χ1v) is 9.64. The lowest BCUT2D eigenvalue weighted by Crippen LogP contribution is -2.35. The summed E-state index contributed by atoms with van der Waals surface area (Å²) >= 11 is 9.66. The van der Waals surface area contributed by atoms with Gasteiger partial charge >= 0.3 is 0 Å². The normalized spacial score (nSPS) is 15.4. The van der Waals surface area contributed by atoms with Crippen molar-refractivity contribution >= 4 is 51.1 Å². The van der Waals surface area contributed by atoms with Crippen molar-refractivity contribution in [1.29, 1.82) is 0 Å². The molecule has 0 atom stereocenters. The first kappa shape index (κ1) is 20.2. The monoisotopic (exact) mass is 464 g/mol. The van der Waals surface area contributed by atoms with Crippen LogP contribution in [-0.4, -0.2) is 25.0 Å². The van der Waals surface area contributed by atoms with Crippen molar-refractivity contribution in [3.63, 3.8) is 0 Å². The van der Waals surface area contributed by atoms with E-state index in [4.69, 9.17) is 21.1 Å². The van der Waals surface area contributed by atoms with E-state index in [2.05, 4.69) is 21.4 Å². The summed E-state index contributed by atoms with van der Waals surface area (Å²) in [5, 5.41) is 1.53. The smallest absolute Gasteiger partial charge is 0.282 e. The Balaban J connectivity index is 1.94. The second-order valence-corrected chi connectivity index (χ2v) is 7.64. The summed E-state index contributed by atoms with van der Waals surface area (Å²) in [7, 11) is 1.50. The third-order valence-corrected chi connectivity index (χ3v) is 4.70. The van der Waals surface area contributed by atoms with E-state index in [1.54, 1.807) is 36.4 Å². The minimum Gasteiger partial charge on any atom is -0.493 e. The molecule has 0 aliphatic carbocycles. The van der Waals surface area contributed by atoms with Crippen molar-refractivity contribution in [2.45, 2.75) is 20.0 Å². The lowest BCUT2D eigenvalue weighted by Gasteiger charge is -2.15. The second-order valence-electron chi connectivity index (χ2n) is 6.32. The van der Waals surface area contributed by atoms with Crippen molar-refractivity contribution in [1.82, 2.24) is 5.43 Å². The minimum absolute atomic E-state index is 0.00133. The highest BCUT2D eigenvalue weighted by Crippen LogP contribution is 2.38. The highest BCUT2D eigenvalue weighted by molar-refractivity contribution is 9.10. The van der Waals surface area contributed by atoms with E-state index in [1.807, 2.05) is 13.8 Å². The Morgan fingerprint density at radius 3 is 2.46 bits per heavy atom. The molecule has 1 aliphatic heterocycles. The molecule has 6 nitrogen and oxygen atoms in total. The molecule has 1 saturated heterocycles. The SMILES string of the molecule is COc1cc(/C=C2\C(=O)NN(c3ccc(Br)cc3)C2=O)cc(Cl)c1OC(C)C. The van der Waals surface area contributed by atoms with Gasteiger partial charge in [-0.2, -0.15) is 0 Å². The molecule has 3 rings (SSSR count). The summed E-state index contributed by atoms with van der Waals surface area (Å²) in [5.74, 6) is -0.112. The van der Waals surface area contributed by atoms with E-state index in [9.17, 15) is 9.59 Å². The summed E-state index contributed by atoms with van der Waals surface area (Å²) in [6.07, 6.45) is 1.39. The van der Waals surface area contributed by atoms with Crippen LogP contribution in [0.5, 0.6) is 11.5 Å². The predicted molar refractivity (Wildman–Crippen MR) is 112 cm³/mol. The van der Waals surface area contributed by atoms with Gasteiger partial charge in [-0.15, -0.1) is 0 Å². The van der Waals surface area contributed by atoms with E-state index in [0.717, 1.165) is 4.47 Å². The van der Waals surface area contributed by atoms with Gasteiger partial charge < -0.3 is 9.47 Å². The van der Waals surface area contributed by atoms with Crippen molar-refractivity contribution < 1.29 is 19.1 Å². The summed E-state index contributed by atoms with van der Waals surface area (Å²) in [4.78, 5) is 25.1. The molecule has 2 amide bonds. The minimum atomic E-state index is -0.495. The van der Waals surface area contributed by atoms with Crippen molar-refractivity contribution in [3.8, 4) is 11.5 Å². The van der Waals surface area contributed by atoms with E-state index in [1.165, 1.54) is 18.2 Å². The van der Waals surface area contributed by atoms with Gasteiger partial charge in [-0.3, -0.25) is 15.0 Å². The van der Waals surface area contributed by atoms with Crippen LogP contribution < -0.4 is 19.9 Å². The zero-order valence-electron chi connectivity index (χ0n) is 15.5. The summed E-state index contributed by atoms with van der Waals surface area (Å²) in [6.45, 7) is 3.76. The van der Waals surface area contributed by atoms with Gasteiger partial charge in [-0.25, -0.2) is 5.01 Å². The number of amides is 2. The molecule has 28 heavy (non-hydrogen) atoms. The van der Waals surface area contributed by atoms with Gasteiger partial charge in [0.15, 0.2) is 11.5 Å². The van der Waals surface area contributed by atoms with E-state index >= 15 is 0 Å². The van der Waals surface area contributed by atoms with Crippen LogP contribution in [0.3, 0.4) is 0 Å². The molecule has 1 N–H and O–H groups in total. The summed E-state index contributed by atoms with van der Waals surface area (Å²) in [6, 6.07) is 10.3. The number of ether oxygens (including phenoxy) is 2. The highest BCUT2D eigenvalue weighted by Gasteiger charge is 2.34. The molecular weight excluding hydrogens is 448 g/mol. The molecule has 2 aromatic rings. The van der Waals surface area contributed by atoms with Crippen molar-refractivity contribution in [2.24, 2.45) is 0 Å². The summed E-state index contributed by atoms with van der Waals surface area (Å²) < 4.78 is 11.9. The lowest BCUT2D eigenvalue weighted by atomic mass is 10.1. The Morgan fingerprint density at radius 2 is 1.86 bits per heavy atom. The number of anilines is 1. The van der Waals surface area contributed by atoms with Crippen LogP contribution in [0, 0.1) is 0 Å². The Labute approximate surface area is 176 Å². The Hall–Kier alpha value is -2.51. The second kappa shape index (κ2) is 8.24. The number of rotatable bonds is 5. The molecule has 0 saturated carbocycles. The summed E-state index contributed by atoms with van der Waals surface area (Å²) in [5.41, 5.74) is 3.67. The quantitative estimate of drug-likeness (QED) is 0.526. The van der Waals surface area contributed by atoms with E-state index < -0.39 is 11.8 Å². The van der Waals surface area contributed by atoms with Gasteiger partial charge in [0.25, 0.3) is 11.8 Å². The Bertz CT molecular complexity index is 957. The third kappa shape index (κ3) is 4.15. The molecule has 1 aliphatic rings. The number of carbonyl (C=O) groups is 2. The fourth-order valence-corrected chi connectivity index (χ4v) is 3.20.